The molecule has 2 aromatic rings. The minimum atomic E-state index is -0.292. The fourth-order valence-electron chi connectivity index (χ4n) is 2.34. The van der Waals surface area contributed by atoms with Crippen LogP contribution in [0.1, 0.15) is 37.5 Å². The number of nitrogens with zero attached hydrogens (tertiary/aromatic N) is 2. The monoisotopic (exact) mass is 310 g/mol. The number of nitrogens with one attached hydrogen (secondary N) is 2. The van der Waals surface area contributed by atoms with Crippen molar-refractivity contribution in [3.63, 3.8) is 0 Å². The molecular formula is C18H22N4O. The maximum atomic E-state index is 12.1. The summed E-state index contributed by atoms with van der Waals surface area (Å²) >= 11 is 0. The van der Waals surface area contributed by atoms with E-state index < -0.39 is 0 Å². The van der Waals surface area contributed by atoms with Gasteiger partial charge < -0.3 is 9.88 Å². The second-order valence-corrected chi connectivity index (χ2v) is 6.56. The number of carbonyl (C=O) groups is 1. The standard InChI is InChI=1S/C18H22N4O/c1-13-6-5-7-14(8-13)11-20-17(23)21-16-9-15(10-19)12-22(16)18(2,3)4/h5-9,12H,11H2,1-4H3,(H2,20,21,23). The summed E-state index contributed by atoms with van der Waals surface area (Å²) in [4.78, 5) is 12.1. The Morgan fingerprint density at radius 2 is 2.04 bits per heavy atom. The molecule has 1 aromatic carbocycles. The maximum absolute atomic E-state index is 12.1. The number of benzene rings is 1. The van der Waals surface area contributed by atoms with Gasteiger partial charge in [-0.3, -0.25) is 5.32 Å². The van der Waals surface area contributed by atoms with Crippen molar-refractivity contribution in [3.8, 4) is 6.07 Å². The zero-order chi connectivity index (χ0) is 17.0. The van der Waals surface area contributed by atoms with E-state index in [1.807, 2.05) is 56.5 Å². The molecule has 0 unspecified atom stereocenters. The molecule has 0 fully saturated rings. The summed E-state index contributed by atoms with van der Waals surface area (Å²) < 4.78 is 1.89. The number of amides is 2. The van der Waals surface area contributed by atoms with Crippen molar-refractivity contribution in [3.05, 3.63) is 53.2 Å². The molecule has 1 heterocycles. The van der Waals surface area contributed by atoms with Gasteiger partial charge in [-0.25, -0.2) is 4.79 Å². The summed E-state index contributed by atoms with van der Waals surface area (Å²) in [7, 11) is 0. The summed E-state index contributed by atoms with van der Waals surface area (Å²) in [5, 5.41) is 14.7. The number of hydrogen-bond donors (Lipinski definition) is 2. The van der Waals surface area contributed by atoms with Crippen molar-refractivity contribution in [2.75, 3.05) is 5.32 Å². The first-order valence-electron chi connectivity index (χ1n) is 7.53. The van der Waals surface area contributed by atoms with Crippen LogP contribution in [0.4, 0.5) is 10.6 Å². The maximum Gasteiger partial charge on any atom is 0.320 e. The lowest BCUT2D eigenvalue weighted by Crippen LogP contribution is -2.31. The van der Waals surface area contributed by atoms with E-state index in [2.05, 4.69) is 16.7 Å². The van der Waals surface area contributed by atoms with E-state index in [0.717, 1.165) is 11.1 Å². The molecule has 0 aliphatic carbocycles. The lowest BCUT2D eigenvalue weighted by atomic mass is 10.1. The molecule has 0 spiro atoms. The average molecular weight is 310 g/mol. The number of carbonyl (C=O) groups excluding carboxylic acids is 1. The van der Waals surface area contributed by atoms with E-state index in [4.69, 9.17) is 5.26 Å². The number of urea groups is 1. The SMILES string of the molecule is Cc1cccc(CNC(=O)Nc2cc(C#N)cn2C(C)(C)C)c1. The van der Waals surface area contributed by atoms with E-state index in [1.165, 1.54) is 0 Å². The Hall–Kier alpha value is -2.74. The van der Waals surface area contributed by atoms with E-state index in [9.17, 15) is 4.79 Å². The fourth-order valence-corrected chi connectivity index (χ4v) is 2.34. The molecule has 120 valence electrons. The van der Waals surface area contributed by atoms with Gasteiger partial charge in [0.15, 0.2) is 0 Å². The highest BCUT2D eigenvalue weighted by Gasteiger charge is 2.19. The Balaban J connectivity index is 2.06. The van der Waals surface area contributed by atoms with Crippen LogP contribution in [0.5, 0.6) is 0 Å². The Morgan fingerprint density at radius 1 is 1.30 bits per heavy atom. The van der Waals surface area contributed by atoms with Crippen molar-refractivity contribution in [2.24, 2.45) is 0 Å². The lowest BCUT2D eigenvalue weighted by Gasteiger charge is -2.24. The minimum absolute atomic E-state index is 0.228. The summed E-state index contributed by atoms with van der Waals surface area (Å²) in [6, 6.07) is 11.5. The second-order valence-electron chi connectivity index (χ2n) is 6.56. The molecule has 0 aliphatic heterocycles. The first kappa shape index (κ1) is 16.6. The van der Waals surface area contributed by atoms with Gasteiger partial charge in [0, 0.05) is 18.3 Å². The van der Waals surface area contributed by atoms with E-state index in [0.29, 0.717) is 17.9 Å². The first-order valence-corrected chi connectivity index (χ1v) is 7.53. The van der Waals surface area contributed by atoms with Gasteiger partial charge in [-0.15, -0.1) is 0 Å². The summed E-state index contributed by atoms with van der Waals surface area (Å²) in [5.74, 6) is 0.607. The molecule has 0 aliphatic rings. The van der Waals surface area contributed by atoms with Gasteiger partial charge in [0.1, 0.15) is 11.9 Å². The highest BCUT2D eigenvalue weighted by molar-refractivity contribution is 5.88. The predicted octanol–water partition coefficient (Wildman–Crippen LogP) is 3.74. The van der Waals surface area contributed by atoms with Gasteiger partial charge >= 0.3 is 6.03 Å². The van der Waals surface area contributed by atoms with Gasteiger partial charge in [0.05, 0.1) is 5.56 Å². The molecule has 0 bridgehead atoms. The smallest absolute Gasteiger partial charge is 0.320 e. The molecule has 0 radical (unpaired) electrons. The predicted molar refractivity (Wildman–Crippen MR) is 91.2 cm³/mol. The van der Waals surface area contributed by atoms with Crippen LogP contribution in [0.2, 0.25) is 0 Å². The van der Waals surface area contributed by atoms with Gasteiger partial charge in [-0.1, -0.05) is 29.8 Å². The van der Waals surface area contributed by atoms with Crippen LogP contribution in [0.3, 0.4) is 0 Å². The van der Waals surface area contributed by atoms with Crippen LogP contribution in [0.15, 0.2) is 36.5 Å². The number of aromatic nitrogens is 1. The average Bonchev–Trinajstić information content (AvgIpc) is 2.88. The molecule has 0 saturated carbocycles. The largest absolute Gasteiger partial charge is 0.334 e. The number of hydrogen-bond acceptors (Lipinski definition) is 2. The van der Waals surface area contributed by atoms with E-state index in [1.54, 1.807) is 12.3 Å². The number of nitriles is 1. The number of anilines is 1. The quantitative estimate of drug-likeness (QED) is 0.906. The fraction of sp³-hybridized carbons (Fsp3) is 0.333. The van der Waals surface area contributed by atoms with Crippen LogP contribution in [-0.2, 0) is 12.1 Å². The molecule has 0 saturated heterocycles. The van der Waals surface area contributed by atoms with Crippen LogP contribution < -0.4 is 10.6 Å². The van der Waals surface area contributed by atoms with Crippen LogP contribution >= 0.6 is 0 Å². The normalized spacial score (nSPS) is 10.9. The van der Waals surface area contributed by atoms with Crippen molar-refractivity contribution < 1.29 is 4.79 Å². The third kappa shape index (κ3) is 4.36. The van der Waals surface area contributed by atoms with Crippen molar-refractivity contribution in [1.82, 2.24) is 9.88 Å². The third-order valence-corrected chi connectivity index (χ3v) is 3.45. The first-order chi connectivity index (χ1) is 10.8. The lowest BCUT2D eigenvalue weighted by molar-refractivity contribution is 0.251. The molecule has 5 nitrogen and oxygen atoms in total. The van der Waals surface area contributed by atoms with Crippen LogP contribution in [-0.4, -0.2) is 10.6 Å². The topological polar surface area (TPSA) is 69.8 Å². The Kier molecular flexibility index (Phi) is 4.75. The molecule has 1 aromatic heterocycles. The van der Waals surface area contributed by atoms with E-state index in [-0.39, 0.29) is 11.6 Å². The third-order valence-electron chi connectivity index (χ3n) is 3.45. The van der Waals surface area contributed by atoms with Gasteiger partial charge in [-0.05, 0) is 39.3 Å². The second kappa shape index (κ2) is 6.57. The molecule has 2 N–H and O–H groups in total. The molecule has 2 rings (SSSR count). The highest BCUT2D eigenvalue weighted by Crippen LogP contribution is 2.23. The number of aryl methyl sites for hydroxylation is 1. The Morgan fingerprint density at radius 3 is 2.65 bits per heavy atom. The van der Waals surface area contributed by atoms with E-state index >= 15 is 0 Å². The summed E-state index contributed by atoms with van der Waals surface area (Å²) in [6.07, 6.45) is 1.75. The zero-order valence-electron chi connectivity index (χ0n) is 14.0. The van der Waals surface area contributed by atoms with Crippen molar-refractivity contribution in [2.45, 2.75) is 39.8 Å². The van der Waals surface area contributed by atoms with Crippen LogP contribution in [0.25, 0.3) is 0 Å². The van der Waals surface area contributed by atoms with Crippen molar-refractivity contribution in [1.29, 1.82) is 5.26 Å². The van der Waals surface area contributed by atoms with Gasteiger partial charge in [-0.2, -0.15) is 5.26 Å². The van der Waals surface area contributed by atoms with Crippen LogP contribution in [0, 0.1) is 18.3 Å². The Bertz CT molecular complexity index is 747. The zero-order valence-corrected chi connectivity index (χ0v) is 14.0. The number of rotatable bonds is 3. The minimum Gasteiger partial charge on any atom is -0.334 e. The van der Waals surface area contributed by atoms with Gasteiger partial charge in [0.2, 0.25) is 0 Å². The highest BCUT2D eigenvalue weighted by atomic mass is 16.2. The van der Waals surface area contributed by atoms with Gasteiger partial charge in [0.25, 0.3) is 0 Å². The molecule has 0 atom stereocenters. The summed E-state index contributed by atoms with van der Waals surface area (Å²) in [5.41, 5.74) is 2.50. The summed E-state index contributed by atoms with van der Waals surface area (Å²) in [6.45, 7) is 8.52. The molecule has 23 heavy (non-hydrogen) atoms. The Labute approximate surface area is 136 Å². The molecule has 5 heteroatoms. The van der Waals surface area contributed by atoms with Crippen molar-refractivity contribution >= 4 is 11.8 Å². The molecule has 2 amide bonds. The molecular weight excluding hydrogens is 288 g/mol.